The molecule has 3 nitrogen and oxygen atoms in total. The monoisotopic (exact) mass is 308 g/mol. The van der Waals surface area contributed by atoms with E-state index in [1.54, 1.807) is 19.2 Å². The summed E-state index contributed by atoms with van der Waals surface area (Å²) in [4.78, 5) is 12.3. The van der Waals surface area contributed by atoms with Crippen LogP contribution in [0.4, 0.5) is 0 Å². The highest BCUT2D eigenvalue weighted by Crippen LogP contribution is 2.22. The van der Waals surface area contributed by atoms with Gasteiger partial charge in [-0.15, -0.1) is 0 Å². The fraction of sp³-hybridized carbons (Fsp3) is 0.214. The number of carbonyl (C=O) groups is 1. The van der Waals surface area contributed by atoms with Gasteiger partial charge in [0.15, 0.2) is 5.76 Å². The van der Waals surface area contributed by atoms with Gasteiger partial charge in [-0.3, -0.25) is 4.79 Å². The summed E-state index contributed by atoms with van der Waals surface area (Å²) < 4.78 is 11.2. The number of halogens is 1. The molecule has 0 unspecified atom stereocenters. The van der Waals surface area contributed by atoms with Gasteiger partial charge in [-0.2, -0.15) is 0 Å². The standard InChI is InChI=1S/C14H13BrO3/c1-9-3-5-12(15)11(7-9)14(16)13-6-4-10(18-13)8-17-2/h3-7H,8H2,1-2H3. The van der Waals surface area contributed by atoms with Gasteiger partial charge in [0.1, 0.15) is 12.4 Å². The lowest BCUT2D eigenvalue weighted by Crippen LogP contribution is -2.01. The van der Waals surface area contributed by atoms with Crippen molar-refractivity contribution in [1.82, 2.24) is 0 Å². The Morgan fingerprint density at radius 3 is 2.83 bits per heavy atom. The highest BCUT2D eigenvalue weighted by molar-refractivity contribution is 9.10. The van der Waals surface area contributed by atoms with Gasteiger partial charge in [0.05, 0.1) is 0 Å². The molecule has 0 bridgehead atoms. The van der Waals surface area contributed by atoms with Crippen molar-refractivity contribution in [2.75, 3.05) is 7.11 Å². The van der Waals surface area contributed by atoms with Crippen LogP contribution in [0.3, 0.4) is 0 Å². The van der Waals surface area contributed by atoms with E-state index in [0.29, 0.717) is 23.7 Å². The van der Waals surface area contributed by atoms with Crippen LogP contribution in [0.2, 0.25) is 0 Å². The summed E-state index contributed by atoms with van der Waals surface area (Å²) in [5.41, 5.74) is 1.64. The van der Waals surface area contributed by atoms with Crippen LogP contribution in [0.1, 0.15) is 27.4 Å². The second-order valence-electron chi connectivity index (χ2n) is 4.01. The Kier molecular flexibility index (Phi) is 3.99. The lowest BCUT2D eigenvalue weighted by atomic mass is 10.1. The van der Waals surface area contributed by atoms with E-state index >= 15 is 0 Å². The summed E-state index contributed by atoms with van der Waals surface area (Å²) in [5, 5.41) is 0. The average molecular weight is 309 g/mol. The molecule has 1 heterocycles. The third kappa shape index (κ3) is 2.71. The molecule has 18 heavy (non-hydrogen) atoms. The molecule has 1 aromatic heterocycles. The van der Waals surface area contributed by atoms with Crippen molar-refractivity contribution in [1.29, 1.82) is 0 Å². The van der Waals surface area contributed by atoms with Crippen LogP contribution in [0, 0.1) is 6.92 Å². The van der Waals surface area contributed by atoms with Crippen LogP contribution in [0.15, 0.2) is 39.2 Å². The van der Waals surface area contributed by atoms with E-state index in [1.807, 2.05) is 25.1 Å². The molecule has 0 atom stereocenters. The molecule has 0 N–H and O–H groups in total. The number of benzene rings is 1. The van der Waals surface area contributed by atoms with Crippen molar-refractivity contribution in [2.45, 2.75) is 13.5 Å². The van der Waals surface area contributed by atoms with Crippen LogP contribution >= 0.6 is 15.9 Å². The van der Waals surface area contributed by atoms with Crippen molar-refractivity contribution >= 4 is 21.7 Å². The van der Waals surface area contributed by atoms with Crippen LogP contribution in [-0.2, 0) is 11.3 Å². The normalized spacial score (nSPS) is 10.6. The molecule has 0 saturated carbocycles. The predicted molar refractivity (Wildman–Crippen MR) is 71.7 cm³/mol. The second kappa shape index (κ2) is 5.50. The van der Waals surface area contributed by atoms with E-state index in [1.165, 1.54) is 0 Å². The fourth-order valence-electron chi connectivity index (χ4n) is 1.67. The molecule has 4 heteroatoms. The van der Waals surface area contributed by atoms with E-state index < -0.39 is 0 Å². The van der Waals surface area contributed by atoms with Gasteiger partial charge in [0, 0.05) is 17.1 Å². The van der Waals surface area contributed by atoms with Crippen molar-refractivity contribution in [2.24, 2.45) is 0 Å². The Bertz CT molecular complexity index is 572. The Balaban J connectivity index is 2.32. The summed E-state index contributed by atoms with van der Waals surface area (Å²) in [7, 11) is 1.58. The molecule has 0 saturated heterocycles. The molecule has 0 aliphatic rings. The number of rotatable bonds is 4. The van der Waals surface area contributed by atoms with Gasteiger partial charge in [0.25, 0.3) is 0 Å². The lowest BCUT2D eigenvalue weighted by molar-refractivity contribution is 0.0999. The summed E-state index contributed by atoms with van der Waals surface area (Å²) in [6, 6.07) is 9.07. The predicted octanol–water partition coefficient (Wildman–Crippen LogP) is 3.73. The van der Waals surface area contributed by atoms with E-state index in [4.69, 9.17) is 9.15 Å². The average Bonchev–Trinajstić information content (AvgIpc) is 2.80. The molecule has 0 fully saturated rings. The van der Waals surface area contributed by atoms with Gasteiger partial charge in [-0.25, -0.2) is 0 Å². The fourth-order valence-corrected chi connectivity index (χ4v) is 2.09. The molecule has 0 spiro atoms. The van der Waals surface area contributed by atoms with Gasteiger partial charge >= 0.3 is 0 Å². The van der Waals surface area contributed by atoms with E-state index in [0.717, 1.165) is 10.0 Å². The first-order valence-corrected chi connectivity index (χ1v) is 6.29. The van der Waals surface area contributed by atoms with Gasteiger partial charge in [-0.1, -0.05) is 27.6 Å². The number of carbonyl (C=O) groups excluding carboxylic acids is 1. The van der Waals surface area contributed by atoms with Crippen molar-refractivity contribution < 1.29 is 13.9 Å². The van der Waals surface area contributed by atoms with Gasteiger partial charge in [-0.05, 0) is 31.2 Å². The van der Waals surface area contributed by atoms with E-state index in [9.17, 15) is 4.79 Å². The number of hydrogen-bond donors (Lipinski definition) is 0. The second-order valence-corrected chi connectivity index (χ2v) is 4.87. The maximum Gasteiger partial charge on any atom is 0.229 e. The van der Waals surface area contributed by atoms with E-state index in [2.05, 4.69) is 15.9 Å². The van der Waals surface area contributed by atoms with Crippen LogP contribution in [0.5, 0.6) is 0 Å². The SMILES string of the molecule is COCc1ccc(C(=O)c2cc(C)ccc2Br)o1. The molecule has 0 aliphatic carbocycles. The van der Waals surface area contributed by atoms with Crippen molar-refractivity contribution in [3.63, 3.8) is 0 Å². The number of aryl methyl sites for hydroxylation is 1. The molecule has 2 rings (SSSR count). The Hall–Kier alpha value is -1.39. The quantitative estimate of drug-likeness (QED) is 0.808. The topological polar surface area (TPSA) is 39.4 Å². The summed E-state index contributed by atoms with van der Waals surface area (Å²) in [6.45, 7) is 2.31. The Morgan fingerprint density at radius 1 is 1.33 bits per heavy atom. The molecular weight excluding hydrogens is 296 g/mol. The smallest absolute Gasteiger partial charge is 0.229 e. The molecule has 0 amide bonds. The van der Waals surface area contributed by atoms with Crippen LogP contribution in [0.25, 0.3) is 0 Å². The third-order valence-electron chi connectivity index (χ3n) is 2.54. The molecule has 94 valence electrons. The highest BCUT2D eigenvalue weighted by atomic mass is 79.9. The number of furan rings is 1. The molecule has 0 radical (unpaired) electrons. The largest absolute Gasteiger partial charge is 0.455 e. The molecule has 0 aliphatic heterocycles. The highest BCUT2D eigenvalue weighted by Gasteiger charge is 2.16. The first kappa shape index (κ1) is 13.1. The van der Waals surface area contributed by atoms with Crippen molar-refractivity contribution in [3.8, 4) is 0 Å². The van der Waals surface area contributed by atoms with Gasteiger partial charge < -0.3 is 9.15 Å². The zero-order valence-electron chi connectivity index (χ0n) is 10.2. The zero-order valence-corrected chi connectivity index (χ0v) is 11.8. The minimum Gasteiger partial charge on any atom is -0.455 e. The minimum atomic E-state index is -0.132. The zero-order chi connectivity index (χ0) is 13.1. The number of hydrogen-bond acceptors (Lipinski definition) is 3. The Labute approximate surface area is 114 Å². The third-order valence-corrected chi connectivity index (χ3v) is 3.23. The molecule has 2 aromatic rings. The number of methoxy groups -OCH3 is 1. The minimum absolute atomic E-state index is 0.132. The number of ketones is 1. The molecular formula is C14H13BrO3. The first-order chi connectivity index (χ1) is 8.61. The van der Waals surface area contributed by atoms with Gasteiger partial charge in [0.2, 0.25) is 5.78 Å². The lowest BCUT2D eigenvalue weighted by Gasteiger charge is -2.03. The molecule has 1 aromatic carbocycles. The van der Waals surface area contributed by atoms with Crippen molar-refractivity contribution in [3.05, 3.63) is 57.5 Å². The maximum atomic E-state index is 12.3. The van der Waals surface area contributed by atoms with Crippen LogP contribution in [-0.4, -0.2) is 12.9 Å². The Morgan fingerprint density at radius 2 is 2.11 bits per heavy atom. The first-order valence-electron chi connectivity index (χ1n) is 5.50. The summed E-state index contributed by atoms with van der Waals surface area (Å²) in [6.07, 6.45) is 0. The van der Waals surface area contributed by atoms with Crippen LogP contribution < -0.4 is 0 Å². The number of ether oxygens (including phenoxy) is 1. The summed E-state index contributed by atoms with van der Waals surface area (Å²) in [5.74, 6) is 0.839. The van der Waals surface area contributed by atoms with E-state index in [-0.39, 0.29) is 5.78 Å². The summed E-state index contributed by atoms with van der Waals surface area (Å²) >= 11 is 3.38. The maximum absolute atomic E-state index is 12.3.